The summed E-state index contributed by atoms with van der Waals surface area (Å²) in [4.78, 5) is 4.24. The van der Waals surface area contributed by atoms with Gasteiger partial charge in [-0.3, -0.25) is 4.98 Å². The lowest BCUT2D eigenvalue weighted by Crippen LogP contribution is -1.85. The smallest absolute Gasteiger partial charge is 0.124 e. The van der Waals surface area contributed by atoms with Crippen molar-refractivity contribution in [2.24, 2.45) is 0 Å². The van der Waals surface area contributed by atoms with Gasteiger partial charge in [-0.1, -0.05) is 18.2 Å². The Morgan fingerprint density at radius 1 is 0.944 bits per heavy atom. The summed E-state index contributed by atoms with van der Waals surface area (Å²) in [5.41, 5.74) is 2.25. The molecule has 0 saturated carbocycles. The fraction of sp³-hybridized carbons (Fsp3) is 0. The minimum Gasteiger partial charge on any atom is -0.507 e. The number of aromatic nitrogens is 1. The highest BCUT2D eigenvalue weighted by Gasteiger charge is 2.09. The summed E-state index contributed by atoms with van der Waals surface area (Å²) in [7, 11) is 0. The van der Waals surface area contributed by atoms with Crippen molar-refractivity contribution >= 4 is 10.9 Å². The van der Waals surface area contributed by atoms with Crippen LogP contribution in [0.3, 0.4) is 0 Å². The first-order chi connectivity index (χ1) is 8.75. The summed E-state index contributed by atoms with van der Waals surface area (Å²) >= 11 is 0. The molecule has 2 nitrogen and oxygen atoms in total. The van der Waals surface area contributed by atoms with Crippen LogP contribution in [0, 0.1) is 5.82 Å². The molecule has 88 valence electrons. The summed E-state index contributed by atoms with van der Waals surface area (Å²) in [6, 6.07) is 13.1. The summed E-state index contributed by atoms with van der Waals surface area (Å²) < 4.78 is 12.9. The number of hydrogen-bond acceptors (Lipinski definition) is 2. The van der Waals surface area contributed by atoms with E-state index in [0.29, 0.717) is 5.56 Å². The van der Waals surface area contributed by atoms with Crippen LogP contribution in [0.5, 0.6) is 5.75 Å². The fourth-order valence-electron chi connectivity index (χ4n) is 2.06. The SMILES string of the molecule is Oc1ccc2ncccc2c1-c1ccc(F)cc1. The molecule has 0 atom stereocenters. The molecule has 0 amide bonds. The van der Waals surface area contributed by atoms with Gasteiger partial charge in [-0.15, -0.1) is 0 Å². The molecule has 0 unspecified atom stereocenters. The van der Waals surface area contributed by atoms with Gasteiger partial charge in [0.05, 0.1) is 5.52 Å². The van der Waals surface area contributed by atoms with Gasteiger partial charge < -0.3 is 5.11 Å². The standard InChI is InChI=1S/C15H10FNO/c16-11-5-3-10(4-6-11)15-12-2-1-9-17-13(12)7-8-14(15)18/h1-9,18H. The van der Waals surface area contributed by atoms with Crippen LogP contribution in [0.1, 0.15) is 0 Å². The van der Waals surface area contributed by atoms with Gasteiger partial charge in [0.2, 0.25) is 0 Å². The number of halogens is 1. The first kappa shape index (κ1) is 10.7. The van der Waals surface area contributed by atoms with Gasteiger partial charge in [0.1, 0.15) is 11.6 Å². The number of fused-ring (bicyclic) bond motifs is 1. The van der Waals surface area contributed by atoms with E-state index in [0.717, 1.165) is 16.5 Å². The Kier molecular flexibility index (Phi) is 2.45. The third-order valence-electron chi connectivity index (χ3n) is 2.90. The highest BCUT2D eigenvalue weighted by Crippen LogP contribution is 2.35. The Morgan fingerprint density at radius 2 is 1.72 bits per heavy atom. The van der Waals surface area contributed by atoms with Crippen LogP contribution in [0.2, 0.25) is 0 Å². The van der Waals surface area contributed by atoms with Gasteiger partial charge >= 0.3 is 0 Å². The Morgan fingerprint density at radius 3 is 2.50 bits per heavy atom. The maximum Gasteiger partial charge on any atom is 0.124 e. The van der Waals surface area contributed by atoms with Crippen LogP contribution < -0.4 is 0 Å². The van der Waals surface area contributed by atoms with E-state index in [2.05, 4.69) is 4.98 Å². The lowest BCUT2D eigenvalue weighted by Gasteiger charge is -2.08. The van der Waals surface area contributed by atoms with Crippen LogP contribution in [-0.4, -0.2) is 10.1 Å². The van der Waals surface area contributed by atoms with Gasteiger partial charge in [-0.05, 0) is 35.9 Å². The molecular formula is C15H10FNO. The molecule has 3 aromatic rings. The molecular weight excluding hydrogens is 229 g/mol. The van der Waals surface area contributed by atoms with Gasteiger partial charge in [0, 0.05) is 17.1 Å². The summed E-state index contributed by atoms with van der Waals surface area (Å²) in [6.45, 7) is 0. The fourth-order valence-corrected chi connectivity index (χ4v) is 2.06. The summed E-state index contributed by atoms with van der Waals surface area (Å²) in [5.74, 6) is -0.126. The lowest BCUT2D eigenvalue weighted by molar-refractivity contribution is 0.478. The zero-order valence-electron chi connectivity index (χ0n) is 9.47. The first-order valence-electron chi connectivity index (χ1n) is 5.58. The molecule has 0 bridgehead atoms. The normalized spacial score (nSPS) is 10.7. The second-order valence-electron chi connectivity index (χ2n) is 4.04. The highest BCUT2D eigenvalue weighted by molar-refractivity contribution is 5.97. The first-order valence-corrected chi connectivity index (χ1v) is 5.58. The van der Waals surface area contributed by atoms with Gasteiger partial charge in [-0.25, -0.2) is 4.39 Å². The number of phenols is 1. The van der Waals surface area contributed by atoms with E-state index < -0.39 is 0 Å². The number of benzene rings is 2. The number of aromatic hydroxyl groups is 1. The van der Waals surface area contributed by atoms with Crippen molar-refractivity contribution in [3.05, 3.63) is 60.5 Å². The average molecular weight is 239 g/mol. The zero-order chi connectivity index (χ0) is 12.5. The molecule has 0 aliphatic carbocycles. The Balaban J connectivity index is 2.33. The Hall–Kier alpha value is -2.42. The Bertz CT molecular complexity index is 707. The third kappa shape index (κ3) is 1.70. The van der Waals surface area contributed by atoms with Gasteiger partial charge in [0.15, 0.2) is 0 Å². The Labute approximate surface area is 103 Å². The second kappa shape index (κ2) is 4.11. The van der Waals surface area contributed by atoms with Crippen LogP contribution in [0.15, 0.2) is 54.7 Å². The van der Waals surface area contributed by atoms with E-state index in [1.54, 1.807) is 30.5 Å². The highest BCUT2D eigenvalue weighted by atomic mass is 19.1. The second-order valence-corrected chi connectivity index (χ2v) is 4.04. The molecule has 1 heterocycles. The van der Waals surface area contributed by atoms with E-state index in [1.165, 1.54) is 12.1 Å². The number of nitrogens with zero attached hydrogens (tertiary/aromatic N) is 1. The van der Waals surface area contributed by atoms with E-state index >= 15 is 0 Å². The topological polar surface area (TPSA) is 33.1 Å². The quantitative estimate of drug-likeness (QED) is 0.701. The average Bonchev–Trinajstić information content (AvgIpc) is 2.40. The number of phenolic OH excluding ortho intramolecular Hbond substituents is 1. The zero-order valence-corrected chi connectivity index (χ0v) is 9.47. The van der Waals surface area contributed by atoms with Crippen molar-refractivity contribution < 1.29 is 9.50 Å². The largest absolute Gasteiger partial charge is 0.507 e. The predicted molar refractivity (Wildman–Crippen MR) is 68.8 cm³/mol. The summed E-state index contributed by atoms with van der Waals surface area (Å²) in [5, 5.41) is 10.9. The molecule has 0 aliphatic heterocycles. The molecule has 0 radical (unpaired) electrons. The molecule has 18 heavy (non-hydrogen) atoms. The van der Waals surface area contributed by atoms with Crippen molar-refractivity contribution in [2.75, 3.05) is 0 Å². The molecule has 0 fully saturated rings. The minimum atomic E-state index is -0.295. The van der Waals surface area contributed by atoms with E-state index in [-0.39, 0.29) is 11.6 Å². The van der Waals surface area contributed by atoms with E-state index in [9.17, 15) is 9.50 Å². The molecule has 1 N–H and O–H groups in total. The maximum absolute atomic E-state index is 12.9. The van der Waals surface area contributed by atoms with Crippen molar-refractivity contribution in [3.8, 4) is 16.9 Å². The van der Waals surface area contributed by atoms with Crippen molar-refractivity contribution in [3.63, 3.8) is 0 Å². The van der Waals surface area contributed by atoms with Crippen LogP contribution in [-0.2, 0) is 0 Å². The molecule has 3 heteroatoms. The third-order valence-corrected chi connectivity index (χ3v) is 2.90. The minimum absolute atomic E-state index is 0.169. The maximum atomic E-state index is 12.9. The monoisotopic (exact) mass is 239 g/mol. The molecule has 0 saturated heterocycles. The number of pyridine rings is 1. The van der Waals surface area contributed by atoms with Gasteiger partial charge in [0.25, 0.3) is 0 Å². The van der Waals surface area contributed by atoms with Crippen LogP contribution in [0.25, 0.3) is 22.0 Å². The van der Waals surface area contributed by atoms with E-state index in [4.69, 9.17) is 0 Å². The summed E-state index contributed by atoms with van der Waals surface area (Å²) in [6.07, 6.45) is 1.70. The molecule has 0 aliphatic rings. The van der Waals surface area contributed by atoms with Crippen molar-refractivity contribution in [1.29, 1.82) is 0 Å². The van der Waals surface area contributed by atoms with Crippen molar-refractivity contribution in [2.45, 2.75) is 0 Å². The van der Waals surface area contributed by atoms with Crippen LogP contribution >= 0.6 is 0 Å². The van der Waals surface area contributed by atoms with Crippen LogP contribution in [0.4, 0.5) is 4.39 Å². The number of rotatable bonds is 1. The molecule has 2 aromatic carbocycles. The molecule has 0 spiro atoms. The van der Waals surface area contributed by atoms with E-state index in [1.807, 2.05) is 12.1 Å². The van der Waals surface area contributed by atoms with Gasteiger partial charge in [-0.2, -0.15) is 0 Å². The molecule has 3 rings (SSSR count). The molecule has 1 aromatic heterocycles. The predicted octanol–water partition coefficient (Wildman–Crippen LogP) is 3.75. The van der Waals surface area contributed by atoms with Crippen molar-refractivity contribution in [1.82, 2.24) is 4.98 Å². The lowest BCUT2D eigenvalue weighted by atomic mass is 9.99. The number of hydrogen-bond donors (Lipinski definition) is 1.